The van der Waals surface area contributed by atoms with Gasteiger partial charge < -0.3 is 14.3 Å². The fourth-order valence-corrected chi connectivity index (χ4v) is 2.61. The maximum absolute atomic E-state index is 10.8. The van der Waals surface area contributed by atoms with Crippen LogP contribution in [0.1, 0.15) is 30.5 Å². The molecule has 0 saturated heterocycles. The van der Waals surface area contributed by atoms with Crippen molar-refractivity contribution in [3.63, 3.8) is 0 Å². The fourth-order valence-electron chi connectivity index (χ4n) is 2.61. The van der Waals surface area contributed by atoms with Crippen molar-refractivity contribution >= 4 is 11.9 Å². The molecule has 0 unspecified atom stereocenters. The van der Waals surface area contributed by atoms with Gasteiger partial charge in [0.25, 0.3) is 5.69 Å². The Bertz CT molecular complexity index is 849. The fraction of sp³-hybridized carbons (Fsp3) is 0.286. The third kappa shape index (κ3) is 5.84. The molecule has 0 N–H and O–H groups in total. The van der Waals surface area contributed by atoms with Crippen molar-refractivity contribution in [3.8, 4) is 11.5 Å². The lowest BCUT2D eigenvalue weighted by molar-refractivity contribution is -0.384. The van der Waals surface area contributed by atoms with E-state index >= 15 is 0 Å². The van der Waals surface area contributed by atoms with Crippen LogP contribution in [0.15, 0.2) is 54.2 Å². The van der Waals surface area contributed by atoms with Crippen LogP contribution in [0.3, 0.4) is 0 Å². The van der Waals surface area contributed by atoms with E-state index in [0.717, 1.165) is 11.1 Å². The minimum Gasteiger partial charge on any atom is -0.490 e. The Morgan fingerprint density at radius 1 is 1.18 bits per heavy atom. The van der Waals surface area contributed by atoms with E-state index in [0.29, 0.717) is 36.7 Å². The summed E-state index contributed by atoms with van der Waals surface area (Å²) in [5.41, 5.74) is 2.43. The smallest absolute Gasteiger partial charge is 0.269 e. The largest absolute Gasteiger partial charge is 0.490 e. The molecule has 7 nitrogen and oxygen atoms in total. The molecule has 28 heavy (non-hydrogen) atoms. The maximum Gasteiger partial charge on any atom is 0.269 e. The second-order valence-electron chi connectivity index (χ2n) is 5.80. The Balaban J connectivity index is 2.14. The molecule has 2 rings (SSSR count). The van der Waals surface area contributed by atoms with Crippen LogP contribution in [-0.4, -0.2) is 24.4 Å². The van der Waals surface area contributed by atoms with E-state index in [2.05, 4.69) is 11.7 Å². The number of hydrogen-bond donors (Lipinski definition) is 0. The minimum absolute atomic E-state index is 0.0204. The number of rotatable bonds is 11. The average Bonchev–Trinajstić information content (AvgIpc) is 2.68. The summed E-state index contributed by atoms with van der Waals surface area (Å²) in [6.07, 6.45) is 4.00. The van der Waals surface area contributed by atoms with E-state index in [9.17, 15) is 10.1 Å². The first-order chi connectivity index (χ1) is 13.6. The zero-order valence-corrected chi connectivity index (χ0v) is 16.1. The highest BCUT2D eigenvalue weighted by atomic mass is 16.6. The Hall–Kier alpha value is -3.35. The number of benzene rings is 2. The molecule has 0 heterocycles. The van der Waals surface area contributed by atoms with Crippen molar-refractivity contribution in [1.82, 2.24) is 0 Å². The second kappa shape index (κ2) is 10.7. The lowest BCUT2D eigenvalue weighted by atomic mass is 10.1. The molecule has 0 radical (unpaired) electrons. The van der Waals surface area contributed by atoms with Gasteiger partial charge in [-0.3, -0.25) is 10.1 Å². The van der Waals surface area contributed by atoms with Gasteiger partial charge in [-0.05, 0) is 38.0 Å². The number of nitro benzene ring substituents is 1. The topological polar surface area (TPSA) is 83.2 Å². The molecule has 0 aliphatic carbocycles. The zero-order chi connectivity index (χ0) is 20.4. The average molecular weight is 384 g/mol. The molecule has 2 aromatic rings. The van der Waals surface area contributed by atoms with Crippen LogP contribution in [0, 0.1) is 10.1 Å². The van der Waals surface area contributed by atoms with E-state index in [-0.39, 0.29) is 12.3 Å². The Morgan fingerprint density at radius 3 is 2.64 bits per heavy atom. The third-order valence-corrected chi connectivity index (χ3v) is 3.74. The van der Waals surface area contributed by atoms with Crippen LogP contribution in [-0.2, 0) is 17.9 Å². The predicted molar refractivity (Wildman–Crippen MR) is 108 cm³/mol. The summed E-state index contributed by atoms with van der Waals surface area (Å²) in [5, 5.41) is 14.8. The number of oxime groups is 1. The molecule has 0 aromatic heterocycles. The van der Waals surface area contributed by atoms with Gasteiger partial charge in [-0.2, -0.15) is 0 Å². The standard InChI is InChI=1S/C21H24N2O5/c1-4-8-18-11-17(13-20(26-5-2)21(18)27-6-3)14-22-28-15-16-9-7-10-19(12-16)23(24)25/h4,7,9-14H,1,5-6,8,15H2,2-3H3/b22-14-. The molecule has 0 saturated carbocycles. The molecule has 0 fully saturated rings. The van der Waals surface area contributed by atoms with E-state index in [1.54, 1.807) is 24.4 Å². The number of allylic oxidation sites excluding steroid dienone is 1. The summed E-state index contributed by atoms with van der Waals surface area (Å²) in [6, 6.07) is 10.0. The van der Waals surface area contributed by atoms with Crippen LogP contribution < -0.4 is 9.47 Å². The van der Waals surface area contributed by atoms with E-state index < -0.39 is 4.92 Å². The predicted octanol–water partition coefficient (Wildman–Crippen LogP) is 4.67. The number of hydrogen-bond acceptors (Lipinski definition) is 6. The summed E-state index contributed by atoms with van der Waals surface area (Å²) in [6.45, 7) is 8.79. The van der Waals surface area contributed by atoms with Crippen molar-refractivity contribution < 1.29 is 19.2 Å². The van der Waals surface area contributed by atoms with Crippen molar-refractivity contribution in [3.05, 3.63) is 75.9 Å². The number of nitro groups is 1. The molecule has 148 valence electrons. The number of non-ortho nitro benzene ring substituents is 1. The zero-order valence-electron chi connectivity index (χ0n) is 16.1. The van der Waals surface area contributed by atoms with Gasteiger partial charge >= 0.3 is 0 Å². The summed E-state index contributed by atoms with van der Waals surface area (Å²) in [7, 11) is 0. The summed E-state index contributed by atoms with van der Waals surface area (Å²) in [4.78, 5) is 15.7. The van der Waals surface area contributed by atoms with Crippen LogP contribution in [0.5, 0.6) is 11.5 Å². The van der Waals surface area contributed by atoms with Gasteiger partial charge in [0.2, 0.25) is 0 Å². The maximum atomic E-state index is 10.8. The van der Waals surface area contributed by atoms with Crippen LogP contribution in [0.2, 0.25) is 0 Å². The van der Waals surface area contributed by atoms with E-state index in [1.165, 1.54) is 12.1 Å². The van der Waals surface area contributed by atoms with Crippen molar-refractivity contribution in [2.45, 2.75) is 26.9 Å². The number of ether oxygens (including phenoxy) is 2. The van der Waals surface area contributed by atoms with Crippen molar-refractivity contribution in [2.24, 2.45) is 5.16 Å². The third-order valence-electron chi connectivity index (χ3n) is 3.74. The highest BCUT2D eigenvalue weighted by molar-refractivity contribution is 5.81. The first-order valence-corrected chi connectivity index (χ1v) is 9.01. The van der Waals surface area contributed by atoms with Gasteiger partial charge in [0.05, 0.1) is 24.4 Å². The quantitative estimate of drug-likeness (QED) is 0.243. The molecule has 0 aliphatic rings. The minimum atomic E-state index is -0.441. The Morgan fingerprint density at radius 2 is 1.96 bits per heavy atom. The molecule has 7 heteroatoms. The van der Waals surface area contributed by atoms with Gasteiger partial charge in [0, 0.05) is 23.3 Å². The summed E-state index contributed by atoms with van der Waals surface area (Å²) in [5.74, 6) is 1.35. The van der Waals surface area contributed by atoms with Gasteiger partial charge in [-0.15, -0.1) is 6.58 Å². The lowest BCUT2D eigenvalue weighted by Gasteiger charge is -2.15. The normalized spacial score (nSPS) is 10.6. The Labute approximate surface area is 164 Å². The van der Waals surface area contributed by atoms with Crippen LogP contribution in [0.25, 0.3) is 0 Å². The van der Waals surface area contributed by atoms with Crippen LogP contribution >= 0.6 is 0 Å². The first-order valence-electron chi connectivity index (χ1n) is 9.01. The lowest BCUT2D eigenvalue weighted by Crippen LogP contribution is -2.03. The molecule has 0 bridgehead atoms. The van der Waals surface area contributed by atoms with Crippen molar-refractivity contribution in [2.75, 3.05) is 13.2 Å². The molecule has 0 spiro atoms. The van der Waals surface area contributed by atoms with Gasteiger partial charge in [-0.25, -0.2) is 0 Å². The van der Waals surface area contributed by atoms with Gasteiger partial charge in [-0.1, -0.05) is 23.4 Å². The van der Waals surface area contributed by atoms with Gasteiger partial charge in [0.15, 0.2) is 11.5 Å². The molecule has 0 atom stereocenters. The van der Waals surface area contributed by atoms with E-state index in [1.807, 2.05) is 26.0 Å². The highest BCUT2D eigenvalue weighted by Crippen LogP contribution is 2.33. The van der Waals surface area contributed by atoms with Gasteiger partial charge in [0.1, 0.15) is 6.61 Å². The molecule has 0 amide bonds. The SMILES string of the molecule is C=CCc1cc(/C=N\OCc2cccc([N+](=O)[O-])c2)cc(OCC)c1OCC. The number of nitrogens with zero attached hydrogens (tertiary/aromatic N) is 2. The van der Waals surface area contributed by atoms with Crippen molar-refractivity contribution in [1.29, 1.82) is 0 Å². The molecule has 2 aromatic carbocycles. The Kier molecular flexibility index (Phi) is 8.02. The summed E-state index contributed by atoms with van der Waals surface area (Å²) < 4.78 is 11.4. The molecular weight excluding hydrogens is 360 g/mol. The first kappa shape index (κ1) is 21.0. The van der Waals surface area contributed by atoms with E-state index in [4.69, 9.17) is 14.3 Å². The van der Waals surface area contributed by atoms with Crippen LogP contribution in [0.4, 0.5) is 5.69 Å². The second-order valence-corrected chi connectivity index (χ2v) is 5.80. The summed E-state index contributed by atoms with van der Waals surface area (Å²) >= 11 is 0. The highest BCUT2D eigenvalue weighted by Gasteiger charge is 2.12. The molecule has 0 aliphatic heterocycles. The monoisotopic (exact) mass is 384 g/mol. The molecular formula is C21H24N2O5.